The molecule has 0 aliphatic rings. The van der Waals surface area contributed by atoms with Gasteiger partial charge in [0, 0.05) is 18.0 Å². The van der Waals surface area contributed by atoms with Crippen LogP contribution in [0.25, 0.3) is 12.0 Å². The summed E-state index contributed by atoms with van der Waals surface area (Å²) in [6.45, 7) is 6.52. The molecule has 0 bridgehead atoms. The minimum absolute atomic E-state index is 0.0280. The van der Waals surface area contributed by atoms with Crippen molar-refractivity contribution in [3.63, 3.8) is 0 Å². The van der Waals surface area contributed by atoms with Gasteiger partial charge in [-0.2, -0.15) is 0 Å². The van der Waals surface area contributed by atoms with E-state index >= 15 is 0 Å². The van der Waals surface area contributed by atoms with E-state index in [1.165, 1.54) is 19.4 Å². The number of rotatable bonds is 6. The quantitative estimate of drug-likeness (QED) is 0.793. The van der Waals surface area contributed by atoms with Crippen molar-refractivity contribution in [1.29, 1.82) is 0 Å². The first-order valence-electron chi connectivity index (χ1n) is 6.77. The van der Waals surface area contributed by atoms with Gasteiger partial charge in [0.1, 0.15) is 5.82 Å². The SMILES string of the molecule is C=Cn1c(C(=C)OC)nc(Nc2ccc(F)c(F)c2)c(CO)c1=O. The number of nitrogens with zero attached hydrogens (tertiary/aromatic N) is 2. The molecule has 1 heterocycles. The van der Waals surface area contributed by atoms with Crippen LogP contribution in [0.2, 0.25) is 0 Å². The number of aliphatic hydroxyl groups excluding tert-OH is 1. The van der Waals surface area contributed by atoms with Crippen LogP contribution in [0.15, 0.2) is 36.2 Å². The molecule has 2 N–H and O–H groups in total. The number of aromatic nitrogens is 2. The molecule has 1 aromatic heterocycles. The first kappa shape index (κ1) is 17.4. The number of methoxy groups -OCH3 is 1. The van der Waals surface area contributed by atoms with E-state index in [1.807, 2.05) is 0 Å². The van der Waals surface area contributed by atoms with E-state index in [0.29, 0.717) is 0 Å². The van der Waals surface area contributed by atoms with Crippen molar-refractivity contribution in [2.45, 2.75) is 6.61 Å². The normalized spacial score (nSPS) is 10.3. The number of hydrogen-bond donors (Lipinski definition) is 2. The van der Waals surface area contributed by atoms with E-state index in [4.69, 9.17) is 4.74 Å². The van der Waals surface area contributed by atoms with E-state index < -0.39 is 23.8 Å². The van der Waals surface area contributed by atoms with E-state index in [1.54, 1.807) is 0 Å². The van der Waals surface area contributed by atoms with Crippen molar-refractivity contribution in [3.8, 4) is 0 Å². The largest absolute Gasteiger partial charge is 0.493 e. The van der Waals surface area contributed by atoms with Gasteiger partial charge in [-0.3, -0.25) is 9.36 Å². The second kappa shape index (κ2) is 7.05. The molecule has 0 radical (unpaired) electrons. The average molecular weight is 335 g/mol. The molecule has 0 atom stereocenters. The molecule has 0 aliphatic carbocycles. The minimum Gasteiger partial charge on any atom is -0.493 e. The highest BCUT2D eigenvalue weighted by Gasteiger charge is 2.17. The number of nitrogens with one attached hydrogen (secondary N) is 1. The Morgan fingerprint density at radius 1 is 1.46 bits per heavy atom. The topological polar surface area (TPSA) is 76.4 Å². The van der Waals surface area contributed by atoms with Gasteiger partial charge in [0.05, 0.1) is 19.3 Å². The smallest absolute Gasteiger partial charge is 0.265 e. The molecule has 0 spiro atoms. The zero-order chi connectivity index (χ0) is 17.9. The Balaban J connectivity index is 2.61. The molecule has 0 amide bonds. The number of benzene rings is 1. The summed E-state index contributed by atoms with van der Waals surface area (Å²) in [5.41, 5.74) is -0.520. The monoisotopic (exact) mass is 335 g/mol. The molecule has 24 heavy (non-hydrogen) atoms. The number of halogens is 2. The zero-order valence-electron chi connectivity index (χ0n) is 12.8. The molecule has 2 aromatic rings. The average Bonchev–Trinajstić information content (AvgIpc) is 2.57. The predicted octanol–water partition coefficient (Wildman–Crippen LogP) is 2.48. The van der Waals surface area contributed by atoms with Crippen molar-refractivity contribution in [3.05, 3.63) is 64.7 Å². The summed E-state index contributed by atoms with van der Waals surface area (Å²) in [5, 5.41) is 12.1. The van der Waals surface area contributed by atoms with Gasteiger partial charge in [0.15, 0.2) is 23.2 Å². The van der Waals surface area contributed by atoms with Crippen molar-refractivity contribution < 1.29 is 18.6 Å². The van der Waals surface area contributed by atoms with E-state index in [2.05, 4.69) is 23.5 Å². The molecule has 6 nitrogen and oxygen atoms in total. The van der Waals surface area contributed by atoms with E-state index in [0.717, 1.165) is 16.7 Å². The van der Waals surface area contributed by atoms with Crippen LogP contribution < -0.4 is 10.9 Å². The molecule has 0 saturated heterocycles. The molecule has 8 heteroatoms. The highest BCUT2D eigenvalue weighted by atomic mass is 19.2. The Hall–Kier alpha value is -3.00. The zero-order valence-corrected chi connectivity index (χ0v) is 12.8. The lowest BCUT2D eigenvalue weighted by atomic mass is 10.2. The maximum atomic E-state index is 13.3. The van der Waals surface area contributed by atoms with Gasteiger partial charge in [-0.05, 0) is 12.1 Å². The molecule has 0 aliphatic heterocycles. The fourth-order valence-electron chi connectivity index (χ4n) is 1.98. The van der Waals surface area contributed by atoms with Gasteiger partial charge in [0.2, 0.25) is 0 Å². The summed E-state index contributed by atoms with van der Waals surface area (Å²) >= 11 is 0. The second-order valence-electron chi connectivity index (χ2n) is 4.66. The fraction of sp³-hybridized carbons (Fsp3) is 0.125. The first-order valence-corrected chi connectivity index (χ1v) is 6.77. The summed E-state index contributed by atoms with van der Waals surface area (Å²) in [4.78, 5) is 16.6. The van der Waals surface area contributed by atoms with Gasteiger partial charge in [-0.1, -0.05) is 13.2 Å². The lowest BCUT2D eigenvalue weighted by molar-refractivity contribution is 0.279. The van der Waals surface area contributed by atoms with Gasteiger partial charge in [-0.25, -0.2) is 13.8 Å². The Labute approximate surface area is 136 Å². The lowest BCUT2D eigenvalue weighted by Gasteiger charge is -2.15. The van der Waals surface area contributed by atoms with Crippen molar-refractivity contribution in [2.75, 3.05) is 12.4 Å². The fourth-order valence-corrected chi connectivity index (χ4v) is 1.98. The molecule has 0 unspecified atom stereocenters. The molecule has 2 rings (SSSR count). The Morgan fingerprint density at radius 2 is 2.17 bits per heavy atom. The maximum absolute atomic E-state index is 13.3. The van der Waals surface area contributed by atoms with Crippen LogP contribution in [0.5, 0.6) is 0 Å². The third-order valence-corrected chi connectivity index (χ3v) is 3.23. The van der Waals surface area contributed by atoms with Crippen molar-refractivity contribution in [2.24, 2.45) is 0 Å². The summed E-state index contributed by atoms with van der Waals surface area (Å²) in [5.74, 6) is -1.96. The van der Waals surface area contributed by atoms with Crippen LogP contribution in [-0.4, -0.2) is 21.8 Å². The lowest BCUT2D eigenvalue weighted by Crippen LogP contribution is -2.26. The predicted molar refractivity (Wildman–Crippen MR) is 86.5 cm³/mol. The maximum Gasteiger partial charge on any atom is 0.265 e. The Kier molecular flexibility index (Phi) is 5.10. The van der Waals surface area contributed by atoms with Gasteiger partial charge < -0.3 is 15.2 Å². The molecule has 0 saturated carbocycles. The van der Waals surface area contributed by atoms with Crippen LogP contribution in [0.3, 0.4) is 0 Å². The standard InChI is InChI=1S/C16H15F2N3O3/c1-4-21-15(9(2)24-3)20-14(11(8-22)16(21)23)19-10-5-6-12(17)13(18)7-10/h4-7,19,22H,1-2,8H2,3H3. The van der Waals surface area contributed by atoms with Crippen LogP contribution in [-0.2, 0) is 11.3 Å². The summed E-state index contributed by atoms with van der Waals surface area (Å²) < 4.78 is 32.4. The minimum atomic E-state index is -1.06. The number of ether oxygens (including phenoxy) is 1. The van der Waals surface area contributed by atoms with Gasteiger partial charge in [-0.15, -0.1) is 0 Å². The summed E-state index contributed by atoms with van der Waals surface area (Å²) in [7, 11) is 1.35. The van der Waals surface area contributed by atoms with Crippen molar-refractivity contribution in [1.82, 2.24) is 9.55 Å². The second-order valence-corrected chi connectivity index (χ2v) is 4.66. The number of hydrogen-bond acceptors (Lipinski definition) is 5. The third-order valence-electron chi connectivity index (χ3n) is 3.23. The molecular weight excluding hydrogens is 320 g/mol. The Morgan fingerprint density at radius 3 is 2.71 bits per heavy atom. The van der Waals surface area contributed by atoms with Crippen molar-refractivity contribution >= 4 is 23.5 Å². The molecule has 126 valence electrons. The Bertz CT molecular complexity index is 862. The van der Waals surface area contributed by atoms with E-state index in [-0.39, 0.29) is 28.7 Å². The van der Waals surface area contributed by atoms with Crippen LogP contribution in [0.1, 0.15) is 11.4 Å². The highest BCUT2D eigenvalue weighted by Crippen LogP contribution is 2.21. The summed E-state index contributed by atoms with van der Waals surface area (Å²) in [6.07, 6.45) is 1.20. The highest BCUT2D eigenvalue weighted by molar-refractivity contribution is 5.63. The number of anilines is 2. The van der Waals surface area contributed by atoms with Gasteiger partial charge in [0.25, 0.3) is 5.56 Å². The van der Waals surface area contributed by atoms with Crippen LogP contribution in [0.4, 0.5) is 20.3 Å². The molecule has 0 fully saturated rings. The van der Waals surface area contributed by atoms with Crippen LogP contribution in [0, 0.1) is 11.6 Å². The summed E-state index contributed by atoms with van der Waals surface area (Å²) in [6, 6.07) is 3.10. The van der Waals surface area contributed by atoms with Gasteiger partial charge >= 0.3 is 0 Å². The molecule has 1 aromatic carbocycles. The van der Waals surface area contributed by atoms with Crippen LogP contribution >= 0.6 is 0 Å². The molecular formula is C16H15F2N3O3. The number of aliphatic hydroxyl groups is 1. The third kappa shape index (κ3) is 3.18. The van der Waals surface area contributed by atoms with E-state index in [9.17, 15) is 18.7 Å². The first-order chi connectivity index (χ1) is 11.4.